The first kappa shape index (κ1) is 16.8. The Morgan fingerprint density at radius 2 is 1.96 bits per heavy atom. The second-order valence-corrected chi connectivity index (χ2v) is 8.11. The van der Waals surface area contributed by atoms with Crippen LogP contribution in [0.2, 0.25) is 0 Å². The number of anilines is 1. The van der Waals surface area contributed by atoms with Gasteiger partial charge in [-0.3, -0.25) is 4.72 Å². The van der Waals surface area contributed by atoms with E-state index in [2.05, 4.69) is 14.3 Å². The first-order chi connectivity index (χ1) is 12.5. The van der Waals surface area contributed by atoms with E-state index >= 15 is 0 Å². The molecular formula is C19H18FN3O2S. The zero-order valence-electron chi connectivity index (χ0n) is 14.0. The quantitative estimate of drug-likeness (QED) is 0.746. The van der Waals surface area contributed by atoms with Gasteiger partial charge in [-0.15, -0.1) is 0 Å². The van der Waals surface area contributed by atoms with Gasteiger partial charge in [-0.2, -0.15) is 0 Å². The number of nitrogens with zero attached hydrogens (tertiary/aromatic N) is 2. The molecule has 0 bridgehead atoms. The molecule has 1 aromatic heterocycles. The molecule has 0 atom stereocenters. The summed E-state index contributed by atoms with van der Waals surface area (Å²) in [7, 11) is -3.61. The monoisotopic (exact) mass is 371 g/mol. The fourth-order valence-corrected chi connectivity index (χ4v) is 4.45. The van der Waals surface area contributed by atoms with E-state index in [-0.39, 0.29) is 5.75 Å². The van der Waals surface area contributed by atoms with Gasteiger partial charge in [0.05, 0.1) is 17.6 Å². The molecular weight excluding hydrogens is 353 g/mol. The van der Waals surface area contributed by atoms with Crippen LogP contribution in [0.3, 0.4) is 0 Å². The summed E-state index contributed by atoms with van der Waals surface area (Å²) >= 11 is 0. The van der Waals surface area contributed by atoms with Crippen LogP contribution in [0.5, 0.6) is 0 Å². The van der Waals surface area contributed by atoms with Crippen LogP contribution in [0.25, 0.3) is 11.3 Å². The molecule has 0 amide bonds. The van der Waals surface area contributed by atoms with Gasteiger partial charge < -0.3 is 4.57 Å². The van der Waals surface area contributed by atoms with Crippen molar-refractivity contribution in [2.45, 2.75) is 25.1 Å². The van der Waals surface area contributed by atoms with Gasteiger partial charge >= 0.3 is 0 Å². The van der Waals surface area contributed by atoms with E-state index in [0.717, 1.165) is 36.5 Å². The predicted molar refractivity (Wildman–Crippen MR) is 98.6 cm³/mol. The SMILES string of the molecule is O=S(=O)(Cc1cccc(F)c1)Nc1ccc(-c2cnc3n2CCC3)cc1. The second-order valence-electron chi connectivity index (χ2n) is 6.38. The molecule has 4 rings (SSSR count). The smallest absolute Gasteiger partial charge is 0.236 e. The number of fused-ring (bicyclic) bond motifs is 1. The van der Waals surface area contributed by atoms with Crippen LogP contribution in [-0.2, 0) is 28.7 Å². The van der Waals surface area contributed by atoms with Crippen LogP contribution in [0.1, 0.15) is 17.8 Å². The number of benzene rings is 2. The number of hydrogen-bond donors (Lipinski definition) is 1. The highest BCUT2D eigenvalue weighted by Gasteiger charge is 2.17. The van der Waals surface area contributed by atoms with Crippen molar-refractivity contribution < 1.29 is 12.8 Å². The Morgan fingerprint density at radius 3 is 2.73 bits per heavy atom. The van der Waals surface area contributed by atoms with Gasteiger partial charge in [0.2, 0.25) is 10.0 Å². The topological polar surface area (TPSA) is 64.0 Å². The summed E-state index contributed by atoms with van der Waals surface area (Å²) < 4.78 is 42.6. The van der Waals surface area contributed by atoms with Crippen molar-refractivity contribution in [3.05, 3.63) is 71.9 Å². The number of nitrogens with one attached hydrogen (secondary N) is 1. The van der Waals surface area contributed by atoms with Crippen molar-refractivity contribution >= 4 is 15.7 Å². The molecule has 0 saturated heterocycles. The lowest BCUT2D eigenvalue weighted by Crippen LogP contribution is -2.15. The minimum atomic E-state index is -3.61. The minimum absolute atomic E-state index is 0.275. The first-order valence-electron chi connectivity index (χ1n) is 8.40. The lowest BCUT2D eigenvalue weighted by Gasteiger charge is -2.10. The summed E-state index contributed by atoms with van der Waals surface area (Å²) in [6, 6.07) is 12.8. The summed E-state index contributed by atoms with van der Waals surface area (Å²) in [5.74, 6) is 0.373. The van der Waals surface area contributed by atoms with Gasteiger partial charge in [0, 0.05) is 18.7 Å². The molecule has 3 aromatic rings. The van der Waals surface area contributed by atoms with Crippen molar-refractivity contribution in [1.82, 2.24) is 9.55 Å². The number of imidazole rings is 1. The molecule has 1 N–H and O–H groups in total. The van der Waals surface area contributed by atoms with Gasteiger partial charge in [0.15, 0.2) is 0 Å². The zero-order valence-corrected chi connectivity index (χ0v) is 14.8. The lowest BCUT2D eigenvalue weighted by atomic mass is 10.1. The minimum Gasteiger partial charge on any atom is -0.328 e. The van der Waals surface area contributed by atoms with E-state index in [0.29, 0.717) is 11.3 Å². The van der Waals surface area contributed by atoms with Crippen LogP contribution < -0.4 is 4.72 Å². The molecule has 7 heteroatoms. The summed E-state index contributed by atoms with van der Waals surface area (Å²) in [6.45, 7) is 0.965. The normalized spacial score (nSPS) is 13.6. The van der Waals surface area contributed by atoms with Crippen LogP contribution in [0, 0.1) is 5.82 Å². The highest BCUT2D eigenvalue weighted by molar-refractivity contribution is 7.91. The predicted octanol–water partition coefficient (Wildman–Crippen LogP) is 3.58. The number of sulfonamides is 1. The number of halogens is 1. The van der Waals surface area contributed by atoms with Crippen molar-refractivity contribution in [2.75, 3.05) is 4.72 Å². The van der Waals surface area contributed by atoms with Crippen molar-refractivity contribution in [1.29, 1.82) is 0 Å². The maximum atomic E-state index is 13.2. The van der Waals surface area contributed by atoms with E-state index in [1.807, 2.05) is 18.3 Å². The molecule has 0 spiro atoms. The van der Waals surface area contributed by atoms with Gasteiger partial charge in [-0.25, -0.2) is 17.8 Å². The highest BCUT2D eigenvalue weighted by atomic mass is 32.2. The Morgan fingerprint density at radius 1 is 1.15 bits per heavy atom. The second kappa shape index (κ2) is 6.57. The Hall–Kier alpha value is -2.67. The Bertz CT molecular complexity index is 1040. The third kappa shape index (κ3) is 3.48. The van der Waals surface area contributed by atoms with E-state index in [4.69, 9.17) is 0 Å². The molecule has 0 aliphatic carbocycles. The standard InChI is InChI=1S/C19H18FN3O2S/c20-16-4-1-3-14(11-16)13-26(24,25)22-17-8-6-15(7-9-17)18-12-21-19-5-2-10-23(18)19/h1,3-4,6-9,11-12,22H,2,5,10,13H2. The fourth-order valence-electron chi connectivity index (χ4n) is 3.26. The van der Waals surface area contributed by atoms with Gasteiger partial charge in [-0.05, 0) is 41.8 Å². The van der Waals surface area contributed by atoms with Crippen LogP contribution >= 0.6 is 0 Å². The Kier molecular flexibility index (Phi) is 4.24. The van der Waals surface area contributed by atoms with E-state index < -0.39 is 15.8 Å². The van der Waals surface area contributed by atoms with Crippen LogP contribution in [0.4, 0.5) is 10.1 Å². The molecule has 0 saturated carbocycles. The van der Waals surface area contributed by atoms with Crippen LogP contribution in [0.15, 0.2) is 54.7 Å². The zero-order chi connectivity index (χ0) is 18.1. The number of aromatic nitrogens is 2. The lowest BCUT2D eigenvalue weighted by molar-refractivity contribution is 0.599. The number of hydrogen-bond acceptors (Lipinski definition) is 3. The average Bonchev–Trinajstić information content (AvgIpc) is 3.18. The van der Waals surface area contributed by atoms with E-state index in [1.54, 1.807) is 18.2 Å². The van der Waals surface area contributed by atoms with Crippen molar-refractivity contribution in [2.24, 2.45) is 0 Å². The van der Waals surface area contributed by atoms with E-state index in [9.17, 15) is 12.8 Å². The molecule has 0 unspecified atom stereocenters. The van der Waals surface area contributed by atoms with Gasteiger partial charge in [0.25, 0.3) is 0 Å². The average molecular weight is 371 g/mol. The van der Waals surface area contributed by atoms with Gasteiger partial charge in [-0.1, -0.05) is 24.3 Å². The van der Waals surface area contributed by atoms with Crippen molar-refractivity contribution in [3.63, 3.8) is 0 Å². The van der Waals surface area contributed by atoms with Crippen LogP contribution in [-0.4, -0.2) is 18.0 Å². The molecule has 2 aromatic carbocycles. The fraction of sp³-hybridized carbons (Fsp3) is 0.211. The molecule has 1 aliphatic rings. The third-order valence-corrected chi connectivity index (χ3v) is 5.68. The summed E-state index contributed by atoms with van der Waals surface area (Å²) in [6.07, 6.45) is 3.96. The largest absolute Gasteiger partial charge is 0.328 e. The first-order valence-corrected chi connectivity index (χ1v) is 10.1. The molecule has 26 heavy (non-hydrogen) atoms. The maximum Gasteiger partial charge on any atom is 0.236 e. The molecule has 134 valence electrons. The molecule has 2 heterocycles. The number of aryl methyl sites for hydroxylation is 1. The van der Waals surface area contributed by atoms with E-state index in [1.165, 1.54) is 18.2 Å². The van der Waals surface area contributed by atoms with Gasteiger partial charge in [0.1, 0.15) is 11.6 Å². The molecule has 0 radical (unpaired) electrons. The Labute approximate surface area is 151 Å². The molecule has 0 fully saturated rings. The van der Waals surface area contributed by atoms with Crippen molar-refractivity contribution in [3.8, 4) is 11.3 Å². The summed E-state index contributed by atoms with van der Waals surface area (Å²) in [4.78, 5) is 4.43. The maximum absolute atomic E-state index is 13.2. The summed E-state index contributed by atoms with van der Waals surface area (Å²) in [5.41, 5.74) is 2.93. The Balaban J connectivity index is 1.50. The molecule has 1 aliphatic heterocycles. The highest BCUT2D eigenvalue weighted by Crippen LogP contribution is 2.27. The number of rotatable bonds is 5. The summed E-state index contributed by atoms with van der Waals surface area (Å²) in [5, 5.41) is 0. The molecule has 5 nitrogen and oxygen atoms in total. The third-order valence-electron chi connectivity index (χ3n) is 4.42.